The summed E-state index contributed by atoms with van der Waals surface area (Å²) in [7, 11) is 0. The summed E-state index contributed by atoms with van der Waals surface area (Å²) in [6.45, 7) is 8.84. The van der Waals surface area contributed by atoms with Crippen LogP contribution in [-0.2, 0) is 4.79 Å². The maximum Gasteiger partial charge on any atom is 0.183 e. The molecule has 0 bridgehead atoms. The van der Waals surface area contributed by atoms with E-state index in [9.17, 15) is 13.6 Å². The number of Topliss-reactive ketones (excluding diaryl/α,β-unsaturated/α-hetero) is 1. The van der Waals surface area contributed by atoms with E-state index in [4.69, 9.17) is 0 Å². The van der Waals surface area contributed by atoms with Crippen LogP contribution in [0.15, 0.2) is 24.3 Å². The molecule has 5 heteroatoms. The largest absolute Gasteiger partial charge is 0.379 e. The fourth-order valence-corrected chi connectivity index (χ4v) is 1.45. The van der Waals surface area contributed by atoms with Crippen LogP contribution in [0.3, 0.4) is 0 Å². The van der Waals surface area contributed by atoms with Crippen LogP contribution >= 0.6 is 0 Å². The van der Waals surface area contributed by atoms with E-state index in [2.05, 4.69) is 17.2 Å². The second-order valence-electron chi connectivity index (χ2n) is 4.60. The molecule has 0 aliphatic rings. The lowest BCUT2D eigenvalue weighted by Crippen LogP contribution is -2.16. The molecule has 0 aliphatic carbocycles. The molecule has 0 saturated heterocycles. The molecule has 0 aliphatic heterocycles. The van der Waals surface area contributed by atoms with E-state index in [1.807, 2.05) is 13.8 Å². The van der Waals surface area contributed by atoms with Crippen molar-refractivity contribution in [3.05, 3.63) is 35.9 Å². The van der Waals surface area contributed by atoms with Gasteiger partial charge in [-0.25, -0.2) is 8.78 Å². The molecule has 3 nitrogen and oxygen atoms in total. The first kappa shape index (κ1) is 15.1. The van der Waals surface area contributed by atoms with Gasteiger partial charge in [0.1, 0.15) is 0 Å². The fraction of sp³-hybridized carbons (Fsp3) is 0.357. The number of hydrogen-bond donors (Lipinski definition) is 2. The van der Waals surface area contributed by atoms with E-state index in [0.29, 0.717) is 11.3 Å². The van der Waals surface area contributed by atoms with Crippen molar-refractivity contribution < 1.29 is 13.6 Å². The highest BCUT2D eigenvalue weighted by molar-refractivity contribution is 5.93. The Balaban J connectivity index is 2.96. The van der Waals surface area contributed by atoms with Crippen molar-refractivity contribution in [3.8, 4) is 0 Å². The second kappa shape index (κ2) is 6.31. The minimum atomic E-state index is -0.938. The maximum atomic E-state index is 13.7. The molecule has 0 amide bonds. The molecular formula is C14H18F2N2O. The second-order valence-corrected chi connectivity index (χ2v) is 4.60. The van der Waals surface area contributed by atoms with Crippen LogP contribution < -0.4 is 10.6 Å². The third-order valence-electron chi connectivity index (χ3n) is 2.52. The number of benzene rings is 1. The summed E-state index contributed by atoms with van der Waals surface area (Å²) in [5.41, 5.74) is 0.835. The van der Waals surface area contributed by atoms with Crippen LogP contribution in [0.5, 0.6) is 0 Å². The number of anilines is 2. The van der Waals surface area contributed by atoms with Gasteiger partial charge in [-0.2, -0.15) is 0 Å². The van der Waals surface area contributed by atoms with Crippen molar-refractivity contribution in [2.75, 3.05) is 17.2 Å². The molecule has 2 N–H and O–H groups in total. The molecule has 0 spiro atoms. The Morgan fingerprint density at radius 1 is 1.37 bits per heavy atom. The van der Waals surface area contributed by atoms with E-state index < -0.39 is 11.6 Å². The first-order valence-electron chi connectivity index (χ1n) is 6.00. The molecule has 0 fully saturated rings. The highest BCUT2D eigenvalue weighted by Crippen LogP contribution is 2.28. The molecule has 1 rings (SSSR count). The Kier molecular flexibility index (Phi) is 5.03. The number of carbonyl (C=O) groups excluding carboxylic acids is 1. The number of ketones is 1. The van der Waals surface area contributed by atoms with Crippen molar-refractivity contribution in [1.82, 2.24) is 0 Å². The standard InChI is InChI=1S/C14H18F2N2O/c1-8(2)18-14-12(6-5-11(15)13(14)16)17-7-9(3)10(4)19/h5-6,8,17-18H,3,7H2,1-2,4H3. The van der Waals surface area contributed by atoms with Crippen molar-refractivity contribution in [2.24, 2.45) is 0 Å². The Morgan fingerprint density at radius 2 is 2.00 bits per heavy atom. The highest BCUT2D eigenvalue weighted by atomic mass is 19.2. The molecule has 0 aromatic heterocycles. The molecule has 0 unspecified atom stereocenters. The van der Waals surface area contributed by atoms with Gasteiger partial charge < -0.3 is 10.6 Å². The SMILES string of the molecule is C=C(CNc1ccc(F)c(F)c1NC(C)C)C(C)=O. The summed E-state index contributed by atoms with van der Waals surface area (Å²) in [4.78, 5) is 11.1. The van der Waals surface area contributed by atoms with Gasteiger partial charge in [0.05, 0.1) is 11.4 Å². The van der Waals surface area contributed by atoms with E-state index >= 15 is 0 Å². The first-order chi connectivity index (χ1) is 8.82. The molecular weight excluding hydrogens is 250 g/mol. The van der Waals surface area contributed by atoms with Gasteiger partial charge in [0.2, 0.25) is 0 Å². The lowest BCUT2D eigenvalue weighted by Gasteiger charge is -2.17. The number of rotatable bonds is 6. The Morgan fingerprint density at radius 3 is 2.53 bits per heavy atom. The average molecular weight is 268 g/mol. The van der Waals surface area contributed by atoms with Crippen molar-refractivity contribution >= 4 is 17.2 Å². The zero-order valence-corrected chi connectivity index (χ0v) is 11.3. The van der Waals surface area contributed by atoms with Crippen LogP contribution in [0.25, 0.3) is 0 Å². The molecule has 0 heterocycles. The third kappa shape index (κ3) is 4.05. The van der Waals surface area contributed by atoms with Crippen LogP contribution in [0.1, 0.15) is 20.8 Å². The van der Waals surface area contributed by atoms with Gasteiger partial charge >= 0.3 is 0 Å². The zero-order chi connectivity index (χ0) is 14.6. The van der Waals surface area contributed by atoms with E-state index in [-0.39, 0.29) is 24.1 Å². The topological polar surface area (TPSA) is 41.1 Å². The van der Waals surface area contributed by atoms with Crippen molar-refractivity contribution in [3.63, 3.8) is 0 Å². The highest BCUT2D eigenvalue weighted by Gasteiger charge is 2.14. The predicted molar refractivity (Wildman–Crippen MR) is 73.4 cm³/mol. The number of carbonyl (C=O) groups is 1. The Bertz CT molecular complexity index is 498. The smallest absolute Gasteiger partial charge is 0.183 e. The quantitative estimate of drug-likeness (QED) is 0.777. The minimum Gasteiger partial charge on any atom is -0.379 e. The summed E-state index contributed by atoms with van der Waals surface area (Å²) in [6, 6.07) is 2.42. The first-order valence-corrected chi connectivity index (χ1v) is 6.00. The minimum absolute atomic E-state index is 0.0483. The van der Waals surface area contributed by atoms with Crippen molar-refractivity contribution in [1.29, 1.82) is 0 Å². The molecule has 19 heavy (non-hydrogen) atoms. The van der Waals surface area contributed by atoms with Gasteiger partial charge in [-0.1, -0.05) is 6.58 Å². The maximum absolute atomic E-state index is 13.7. The van der Waals surface area contributed by atoms with Gasteiger partial charge in [0, 0.05) is 18.2 Å². The zero-order valence-electron chi connectivity index (χ0n) is 11.3. The number of hydrogen-bond acceptors (Lipinski definition) is 3. The van der Waals surface area contributed by atoms with Crippen LogP contribution in [0.4, 0.5) is 20.2 Å². The lowest BCUT2D eigenvalue weighted by molar-refractivity contribution is -0.113. The summed E-state index contributed by atoms with van der Waals surface area (Å²) >= 11 is 0. The number of halogens is 2. The van der Waals surface area contributed by atoms with Gasteiger partial charge in [0.25, 0.3) is 0 Å². The predicted octanol–water partition coefficient (Wildman–Crippen LogP) is 3.34. The van der Waals surface area contributed by atoms with E-state index in [1.54, 1.807) is 0 Å². The molecule has 0 radical (unpaired) electrons. The van der Waals surface area contributed by atoms with Gasteiger partial charge in [-0.3, -0.25) is 4.79 Å². The molecule has 0 atom stereocenters. The number of nitrogens with one attached hydrogen (secondary N) is 2. The third-order valence-corrected chi connectivity index (χ3v) is 2.52. The van der Waals surface area contributed by atoms with Crippen LogP contribution in [0.2, 0.25) is 0 Å². The average Bonchev–Trinajstić information content (AvgIpc) is 2.33. The molecule has 104 valence electrons. The van der Waals surface area contributed by atoms with Gasteiger partial charge in [0.15, 0.2) is 17.4 Å². The van der Waals surface area contributed by atoms with Crippen LogP contribution in [0, 0.1) is 11.6 Å². The summed E-state index contributed by atoms with van der Waals surface area (Å²) in [5.74, 6) is -2.00. The monoisotopic (exact) mass is 268 g/mol. The lowest BCUT2D eigenvalue weighted by atomic mass is 10.2. The molecule has 1 aromatic rings. The fourth-order valence-electron chi connectivity index (χ4n) is 1.45. The summed E-state index contributed by atoms with van der Waals surface area (Å²) in [5, 5.41) is 5.72. The molecule has 0 saturated carbocycles. The summed E-state index contributed by atoms with van der Waals surface area (Å²) < 4.78 is 27.0. The Hall–Kier alpha value is -1.91. The normalized spacial score (nSPS) is 10.4. The van der Waals surface area contributed by atoms with Gasteiger partial charge in [-0.15, -0.1) is 0 Å². The van der Waals surface area contributed by atoms with Crippen LogP contribution in [-0.4, -0.2) is 18.4 Å². The summed E-state index contributed by atoms with van der Waals surface area (Å²) in [6.07, 6.45) is 0. The van der Waals surface area contributed by atoms with Crippen molar-refractivity contribution in [2.45, 2.75) is 26.8 Å². The molecule has 1 aromatic carbocycles. The van der Waals surface area contributed by atoms with E-state index in [0.717, 1.165) is 6.07 Å². The van der Waals surface area contributed by atoms with Gasteiger partial charge in [-0.05, 0) is 32.9 Å². The van der Waals surface area contributed by atoms with E-state index in [1.165, 1.54) is 13.0 Å². The Labute approximate surface area is 111 Å².